The van der Waals surface area contributed by atoms with Gasteiger partial charge in [0.15, 0.2) is 4.67 Å². The van der Waals surface area contributed by atoms with Crippen LogP contribution in [0.15, 0.2) is 21.2 Å². The van der Waals surface area contributed by atoms with Gasteiger partial charge in [-0.3, -0.25) is 10.1 Å². The van der Waals surface area contributed by atoms with Gasteiger partial charge in [0.2, 0.25) is 0 Å². The van der Waals surface area contributed by atoms with E-state index in [1.807, 2.05) is 0 Å². The highest BCUT2D eigenvalue weighted by Crippen LogP contribution is 2.14. The average Bonchev–Trinajstić information content (AvgIpc) is 2.48. The molecule has 1 rings (SSSR count). The summed E-state index contributed by atoms with van der Waals surface area (Å²) in [6.07, 6.45) is 0. The lowest BCUT2D eigenvalue weighted by Gasteiger charge is -2.19. The van der Waals surface area contributed by atoms with E-state index in [1.54, 1.807) is 26.0 Å². The molecule has 0 aliphatic carbocycles. The lowest BCUT2D eigenvalue weighted by molar-refractivity contribution is -0.143. The second-order valence-corrected chi connectivity index (χ2v) is 4.27. The normalized spacial score (nSPS) is 11.6. The van der Waals surface area contributed by atoms with Gasteiger partial charge in [0.25, 0.3) is 0 Å². The Bertz CT molecular complexity index is 333. The van der Waals surface area contributed by atoms with E-state index in [0.717, 1.165) is 0 Å². The second kappa shape index (κ2) is 4.14. The van der Waals surface area contributed by atoms with Crippen LogP contribution in [0.4, 0.5) is 0 Å². The van der Waals surface area contributed by atoms with Crippen molar-refractivity contribution in [2.24, 2.45) is 0 Å². The Morgan fingerprint density at radius 3 is 2.71 bits per heavy atom. The quantitative estimate of drug-likeness (QED) is 0.871. The number of furan rings is 1. The average molecular weight is 262 g/mol. The lowest BCUT2D eigenvalue weighted by Crippen LogP contribution is -2.46. The van der Waals surface area contributed by atoms with Crippen LogP contribution in [0.1, 0.15) is 19.6 Å². The maximum absolute atomic E-state index is 10.7. The number of carboxylic acid groups (broad SMARTS) is 1. The fraction of sp³-hybridized carbons (Fsp3) is 0.444. The van der Waals surface area contributed by atoms with Crippen molar-refractivity contribution in [2.75, 3.05) is 0 Å². The van der Waals surface area contributed by atoms with Crippen molar-refractivity contribution >= 4 is 21.9 Å². The Balaban J connectivity index is 2.52. The van der Waals surface area contributed by atoms with Crippen LogP contribution in [-0.2, 0) is 11.3 Å². The van der Waals surface area contributed by atoms with E-state index in [9.17, 15) is 4.79 Å². The fourth-order valence-electron chi connectivity index (χ4n) is 0.830. The molecule has 0 aliphatic rings. The minimum absolute atomic E-state index is 0.394. The van der Waals surface area contributed by atoms with Gasteiger partial charge in [0, 0.05) is 0 Å². The molecule has 0 radical (unpaired) electrons. The van der Waals surface area contributed by atoms with Crippen molar-refractivity contribution in [3.8, 4) is 0 Å². The van der Waals surface area contributed by atoms with E-state index in [2.05, 4.69) is 21.2 Å². The van der Waals surface area contributed by atoms with Gasteiger partial charge in [0.05, 0.1) is 6.54 Å². The SMILES string of the molecule is CC(C)(NCc1ccc(Br)o1)C(=O)O. The van der Waals surface area contributed by atoms with Gasteiger partial charge in [-0.25, -0.2) is 0 Å². The Morgan fingerprint density at radius 2 is 2.29 bits per heavy atom. The molecule has 1 aromatic rings. The molecule has 4 nitrogen and oxygen atoms in total. The van der Waals surface area contributed by atoms with E-state index in [1.165, 1.54) is 0 Å². The van der Waals surface area contributed by atoms with Crippen LogP contribution in [0.25, 0.3) is 0 Å². The highest BCUT2D eigenvalue weighted by molar-refractivity contribution is 9.10. The Kier molecular flexibility index (Phi) is 3.34. The molecule has 0 bridgehead atoms. The maximum Gasteiger partial charge on any atom is 0.323 e. The Morgan fingerprint density at radius 1 is 1.64 bits per heavy atom. The molecule has 0 spiro atoms. The third-order valence-electron chi connectivity index (χ3n) is 1.87. The van der Waals surface area contributed by atoms with Gasteiger partial charge in [-0.15, -0.1) is 0 Å². The molecule has 0 fully saturated rings. The van der Waals surface area contributed by atoms with Gasteiger partial charge in [-0.2, -0.15) is 0 Å². The Labute approximate surface area is 90.4 Å². The van der Waals surface area contributed by atoms with Gasteiger partial charge < -0.3 is 9.52 Å². The van der Waals surface area contributed by atoms with Gasteiger partial charge in [0.1, 0.15) is 11.3 Å². The first-order chi connectivity index (χ1) is 6.42. The zero-order valence-corrected chi connectivity index (χ0v) is 9.59. The predicted molar refractivity (Wildman–Crippen MR) is 55.0 cm³/mol. The van der Waals surface area contributed by atoms with Crippen molar-refractivity contribution in [1.29, 1.82) is 0 Å². The van der Waals surface area contributed by atoms with Crippen LogP contribution in [0.2, 0.25) is 0 Å². The van der Waals surface area contributed by atoms with E-state index < -0.39 is 11.5 Å². The highest BCUT2D eigenvalue weighted by Gasteiger charge is 2.26. The van der Waals surface area contributed by atoms with Gasteiger partial charge in [-0.05, 0) is 41.9 Å². The summed E-state index contributed by atoms with van der Waals surface area (Å²) in [6, 6.07) is 3.56. The van der Waals surface area contributed by atoms with Crippen molar-refractivity contribution in [3.63, 3.8) is 0 Å². The van der Waals surface area contributed by atoms with Crippen molar-refractivity contribution in [1.82, 2.24) is 5.32 Å². The monoisotopic (exact) mass is 261 g/mol. The van der Waals surface area contributed by atoms with Gasteiger partial charge in [-0.1, -0.05) is 0 Å². The summed E-state index contributed by atoms with van der Waals surface area (Å²) in [5.74, 6) is -0.186. The topological polar surface area (TPSA) is 62.5 Å². The van der Waals surface area contributed by atoms with Gasteiger partial charge >= 0.3 is 5.97 Å². The summed E-state index contributed by atoms with van der Waals surface area (Å²) in [4.78, 5) is 10.7. The molecule has 0 saturated heterocycles. The molecule has 1 aromatic heterocycles. The fourth-order valence-corrected chi connectivity index (χ4v) is 1.17. The zero-order chi connectivity index (χ0) is 10.8. The number of carbonyl (C=O) groups is 1. The molecule has 0 aliphatic heterocycles. The van der Waals surface area contributed by atoms with Crippen LogP contribution < -0.4 is 5.32 Å². The molecule has 0 amide bonds. The van der Waals surface area contributed by atoms with Crippen LogP contribution in [0, 0.1) is 0 Å². The molecule has 0 saturated carbocycles. The molecule has 1 heterocycles. The molecule has 0 aromatic carbocycles. The van der Waals surface area contributed by atoms with Crippen molar-refractivity contribution < 1.29 is 14.3 Å². The molecule has 78 valence electrons. The van der Waals surface area contributed by atoms with E-state index in [4.69, 9.17) is 9.52 Å². The van der Waals surface area contributed by atoms with Crippen LogP contribution in [-0.4, -0.2) is 16.6 Å². The van der Waals surface area contributed by atoms with E-state index in [-0.39, 0.29) is 0 Å². The zero-order valence-electron chi connectivity index (χ0n) is 8.00. The van der Waals surface area contributed by atoms with Crippen LogP contribution in [0.3, 0.4) is 0 Å². The van der Waals surface area contributed by atoms with Crippen molar-refractivity contribution in [3.05, 3.63) is 22.6 Å². The number of rotatable bonds is 4. The lowest BCUT2D eigenvalue weighted by atomic mass is 10.1. The highest BCUT2D eigenvalue weighted by atomic mass is 79.9. The number of nitrogens with one attached hydrogen (secondary N) is 1. The smallest absolute Gasteiger partial charge is 0.323 e. The third kappa shape index (κ3) is 2.85. The molecular formula is C9H12BrNO3. The first-order valence-corrected chi connectivity index (χ1v) is 4.94. The number of halogens is 1. The first kappa shape index (κ1) is 11.3. The van der Waals surface area contributed by atoms with E-state index >= 15 is 0 Å². The minimum Gasteiger partial charge on any atom is -0.480 e. The molecule has 14 heavy (non-hydrogen) atoms. The number of hydrogen-bond acceptors (Lipinski definition) is 3. The maximum atomic E-state index is 10.7. The summed E-state index contributed by atoms with van der Waals surface area (Å²) < 4.78 is 5.86. The molecule has 5 heteroatoms. The summed E-state index contributed by atoms with van der Waals surface area (Å²) in [5.41, 5.74) is -0.945. The number of carboxylic acids is 1. The Hall–Kier alpha value is -0.810. The predicted octanol–water partition coefficient (Wildman–Crippen LogP) is 1.99. The molecule has 0 unspecified atom stereocenters. The first-order valence-electron chi connectivity index (χ1n) is 4.14. The number of aliphatic carboxylic acids is 1. The summed E-state index contributed by atoms with van der Waals surface area (Å²) in [5, 5.41) is 11.7. The third-order valence-corrected chi connectivity index (χ3v) is 2.29. The number of hydrogen-bond donors (Lipinski definition) is 2. The summed E-state index contributed by atoms with van der Waals surface area (Å²) in [6.45, 7) is 3.60. The minimum atomic E-state index is -0.945. The standard InChI is InChI=1S/C9H12BrNO3/c1-9(2,8(12)13)11-5-6-3-4-7(10)14-6/h3-4,11H,5H2,1-2H3,(H,12,13). The summed E-state index contributed by atoms with van der Waals surface area (Å²) in [7, 11) is 0. The summed E-state index contributed by atoms with van der Waals surface area (Å²) >= 11 is 3.17. The molecule has 0 atom stereocenters. The largest absolute Gasteiger partial charge is 0.480 e. The molecular weight excluding hydrogens is 250 g/mol. The second-order valence-electron chi connectivity index (χ2n) is 3.49. The van der Waals surface area contributed by atoms with Crippen LogP contribution >= 0.6 is 15.9 Å². The van der Waals surface area contributed by atoms with E-state index in [0.29, 0.717) is 17.0 Å². The van der Waals surface area contributed by atoms with Crippen LogP contribution in [0.5, 0.6) is 0 Å². The molecule has 2 N–H and O–H groups in total. The van der Waals surface area contributed by atoms with Crippen molar-refractivity contribution in [2.45, 2.75) is 25.9 Å².